The van der Waals surface area contributed by atoms with E-state index in [1.807, 2.05) is 6.07 Å². The van der Waals surface area contributed by atoms with E-state index >= 15 is 0 Å². The minimum absolute atomic E-state index is 0.546. The molecule has 19 heavy (non-hydrogen) atoms. The summed E-state index contributed by atoms with van der Waals surface area (Å²) >= 11 is 3.71. The minimum Gasteiger partial charge on any atom is -0.0995 e. The third-order valence-electron chi connectivity index (χ3n) is 3.87. The molecule has 100 valence electrons. The van der Waals surface area contributed by atoms with Crippen LogP contribution in [0, 0.1) is 11.8 Å². The number of rotatable bonds is 3. The van der Waals surface area contributed by atoms with Crippen LogP contribution in [-0.2, 0) is 0 Å². The second-order valence-corrected chi connectivity index (χ2v) is 6.28. The van der Waals surface area contributed by atoms with Gasteiger partial charge in [-0.2, -0.15) is 0 Å². The lowest BCUT2D eigenvalue weighted by Crippen LogP contribution is -2.12. The number of benzene rings is 1. The van der Waals surface area contributed by atoms with Crippen LogP contribution >= 0.6 is 15.9 Å². The molecule has 1 unspecified atom stereocenters. The van der Waals surface area contributed by atoms with Crippen molar-refractivity contribution in [1.82, 2.24) is 0 Å². The predicted octanol–water partition coefficient (Wildman–Crippen LogP) is 5.97. The molecule has 0 spiro atoms. The van der Waals surface area contributed by atoms with E-state index in [0.717, 1.165) is 0 Å². The van der Waals surface area contributed by atoms with Crippen molar-refractivity contribution in [3.63, 3.8) is 0 Å². The predicted molar refractivity (Wildman–Crippen MR) is 88.1 cm³/mol. The Balaban J connectivity index is 2.16. The molecule has 1 aromatic carbocycles. The van der Waals surface area contributed by atoms with E-state index in [9.17, 15) is 0 Å². The Labute approximate surface area is 125 Å². The molecule has 2 rings (SSSR count). The van der Waals surface area contributed by atoms with Crippen molar-refractivity contribution in [1.29, 1.82) is 0 Å². The zero-order valence-corrected chi connectivity index (χ0v) is 13.3. The van der Waals surface area contributed by atoms with Crippen LogP contribution in [0.15, 0.2) is 60.2 Å². The maximum Gasteiger partial charge on any atom is 0.0213 e. The van der Waals surface area contributed by atoms with Crippen molar-refractivity contribution in [2.45, 2.75) is 26.7 Å². The van der Waals surface area contributed by atoms with Gasteiger partial charge in [-0.1, -0.05) is 76.1 Å². The van der Waals surface area contributed by atoms with Gasteiger partial charge in [0.2, 0.25) is 0 Å². The van der Waals surface area contributed by atoms with E-state index in [1.165, 1.54) is 34.0 Å². The van der Waals surface area contributed by atoms with Gasteiger partial charge in [-0.05, 0) is 44.1 Å². The van der Waals surface area contributed by atoms with Crippen molar-refractivity contribution in [3.8, 4) is 0 Å². The molecule has 0 radical (unpaired) electrons. The van der Waals surface area contributed by atoms with Crippen molar-refractivity contribution in [3.05, 3.63) is 65.8 Å². The van der Waals surface area contributed by atoms with E-state index in [0.29, 0.717) is 11.8 Å². The third-order valence-corrected chi connectivity index (χ3v) is 4.59. The SMILES string of the molecule is C=C(C)[C@@H]1C=C(C)C(/C=C(/Br)c2ccccc2)CC1. The van der Waals surface area contributed by atoms with Crippen LogP contribution in [-0.4, -0.2) is 0 Å². The van der Waals surface area contributed by atoms with Gasteiger partial charge in [0.1, 0.15) is 0 Å². The lowest BCUT2D eigenvalue weighted by Gasteiger charge is -2.25. The average molecular weight is 317 g/mol. The zero-order chi connectivity index (χ0) is 13.8. The molecule has 0 amide bonds. The topological polar surface area (TPSA) is 0 Å². The van der Waals surface area contributed by atoms with E-state index in [2.05, 4.69) is 72.8 Å². The first kappa shape index (κ1) is 14.3. The molecule has 0 saturated heterocycles. The highest BCUT2D eigenvalue weighted by atomic mass is 79.9. The standard InChI is InChI=1S/C18H21Br/c1-13(2)16-9-10-17(14(3)11-16)12-18(19)15-7-5-4-6-8-15/h4-8,11-12,16-17H,1,9-10H2,2-3H3/b18-12+/t16-,17?/m0/s1. The molecule has 0 heterocycles. The van der Waals surface area contributed by atoms with Gasteiger partial charge < -0.3 is 0 Å². The summed E-state index contributed by atoms with van der Waals surface area (Å²) in [5.74, 6) is 1.12. The zero-order valence-electron chi connectivity index (χ0n) is 11.7. The molecule has 1 aliphatic carbocycles. The van der Waals surface area contributed by atoms with Gasteiger partial charge in [-0.15, -0.1) is 0 Å². The fourth-order valence-corrected chi connectivity index (χ4v) is 3.17. The fraction of sp³-hybridized carbons (Fsp3) is 0.333. The van der Waals surface area contributed by atoms with E-state index in [1.54, 1.807) is 0 Å². The smallest absolute Gasteiger partial charge is 0.0213 e. The summed E-state index contributed by atoms with van der Waals surface area (Å²) in [5, 5.41) is 0. The first-order valence-corrected chi connectivity index (χ1v) is 7.63. The second-order valence-electron chi connectivity index (χ2n) is 5.43. The van der Waals surface area contributed by atoms with Gasteiger partial charge in [-0.25, -0.2) is 0 Å². The summed E-state index contributed by atoms with van der Waals surface area (Å²) in [4.78, 5) is 0. The molecule has 1 aromatic rings. The Morgan fingerprint density at radius 2 is 1.95 bits per heavy atom. The van der Waals surface area contributed by atoms with Crippen molar-refractivity contribution in [2.75, 3.05) is 0 Å². The first-order valence-electron chi connectivity index (χ1n) is 6.84. The lowest BCUT2D eigenvalue weighted by atomic mass is 9.80. The Morgan fingerprint density at radius 1 is 1.26 bits per heavy atom. The maximum absolute atomic E-state index is 4.08. The molecule has 1 heteroatoms. The highest BCUT2D eigenvalue weighted by molar-refractivity contribution is 9.15. The maximum atomic E-state index is 4.08. The van der Waals surface area contributed by atoms with Crippen molar-refractivity contribution < 1.29 is 0 Å². The van der Waals surface area contributed by atoms with Gasteiger partial charge in [0, 0.05) is 4.48 Å². The lowest BCUT2D eigenvalue weighted by molar-refractivity contribution is 0.524. The van der Waals surface area contributed by atoms with Crippen LogP contribution < -0.4 is 0 Å². The number of halogens is 1. The van der Waals surface area contributed by atoms with Crippen LogP contribution in [0.25, 0.3) is 4.48 Å². The summed E-state index contributed by atoms with van der Waals surface area (Å²) in [6.07, 6.45) is 7.15. The quantitative estimate of drug-likeness (QED) is 0.602. The highest BCUT2D eigenvalue weighted by Gasteiger charge is 2.19. The summed E-state index contributed by atoms with van der Waals surface area (Å²) in [5.41, 5.74) is 3.99. The normalized spacial score (nSPS) is 23.9. The van der Waals surface area contributed by atoms with Crippen LogP contribution in [0.4, 0.5) is 0 Å². The largest absolute Gasteiger partial charge is 0.0995 e. The molecule has 0 fully saturated rings. The molecular weight excluding hydrogens is 296 g/mol. The second kappa shape index (κ2) is 6.38. The molecule has 0 nitrogen and oxygen atoms in total. The third kappa shape index (κ3) is 3.70. The van der Waals surface area contributed by atoms with Gasteiger partial charge >= 0.3 is 0 Å². The Morgan fingerprint density at radius 3 is 2.53 bits per heavy atom. The van der Waals surface area contributed by atoms with Gasteiger partial charge in [0.05, 0.1) is 0 Å². The van der Waals surface area contributed by atoms with Gasteiger partial charge in [-0.3, -0.25) is 0 Å². The fourth-order valence-electron chi connectivity index (χ4n) is 2.58. The van der Waals surface area contributed by atoms with Gasteiger partial charge in [0.25, 0.3) is 0 Å². The molecule has 1 aliphatic rings. The van der Waals surface area contributed by atoms with Crippen molar-refractivity contribution >= 4 is 20.4 Å². The summed E-state index contributed by atoms with van der Waals surface area (Å²) < 4.78 is 1.19. The average Bonchev–Trinajstić information content (AvgIpc) is 2.41. The highest BCUT2D eigenvalue weighted by Crippen LogP contribution is 2.35. The van der Waals surface area contributed by atoms with Crippen LogP contribution in [0.1, 0.15) is 32.3 Å². The van der Waals surface area contributed by atoms with Crippen LogP contribution in [0.2, 0.25) is 0 Å². The van der Waals surface area contributed by atoms with Gasteiger partial charge in [0.15, 0.2) is 0 Å². The summed E-state index contributed by atoms with van der Waals surface area (Å²) in [6.45, 7) is 8.44. The Bertz CT molecular complexity index is 508. The molecule has 0 aromatic heterocycles. The number of allylic oxidation sites excluding steroid dienone is 4. The number of hydrogen-bond donors (Lipinski definition) is 0. The van der Waals surface area contributed by atoms with E-state index < -0.39 is 0 Å². The first-order chi connectivity index (χ1) is 9.08. The molecule has 0 saturated carbocycles. The monoisotopic (exact) mass is 316 g/mol. The number of hydrogen-bond acceptors (Lipinski definition) is 0. The Kier molecular flexibility index (Phi) is 4.81. The Hall–Kier alpha value is -1.08. The molecular formula is C18H21Br. The van der Waals surface area contributed by atoms with Crippen molar-refractivity contribution in [2.24, 2.45) is 11.8 Å². The summed E-state index contributed by atoms with van der Waals surface area (Å²) in [6, 6.07) is 10.5. The molecule has 0 bridgehead atoms. The summed E-state index contributed by atoms with van der Waals surface area (Å²) in [7, 11) is 0. The van der Waals surface area contributed by atoms with Crippen LogP contribution in [0.5, 0.6) is 0 Å². The minimum atomic E-state index is 0.546. The molecule has 0 N–H and O–H groups in total. The van der Waals surface area contributed by atoms with E-state index in [4.69, 9.17) is 0 Å². The molecule has 2 atom stereocenters. The van der Waals surface area contributed by atoms with Crippen LogP contribution in [0.3, 0.4) is 0 Å². The molecule has 0 aliphatic heterocycles. The van der Waals surface area contributed by atoms with E-state index in [-0.39, 0.29) is 0 Å².